The molecule has 2 rings (SSSR count). The molecule has 2 amide bonds. The predicted octanol–water partition coefficient (Wildman–Crippen LogP) is 3.48. The number of carbonyl (C=O) groups excluding carboxylic acids is 2. The Bertz CT molecular complexity index is 1380. The molecule has 84 heavy (non-hydrogen) atoms. The predicted molar refractivity (Wildman–Crippen MR) is 319 cm³/mol. The minimum absolute atomic E-state index is 0.108. The maximum Gasteiger partial charge on any atom is 0.217 e. The Morgan fingerprint density at radius 3 is 0.810 bits per heavy atom. The molecule has 2 heterocycles. The van der Waals surface area contributed by atoms with E-state index in [0.717, 1.165) is 26.1 Å². The van der Waals surface area contributed by atoms with Crippen molar-refractivity contribution in [3.8, 4) is 0 Å². The maximum absolute atomic E-state index is 11.5. The van der Waals surface area contributed by atoms with Crippen molar-refractivity contribution in [1.29, 1.82) is 0 Å². The van der Waals surface area contributed by atoms with E-state index in [2.05, 4.69) is 32.2 Å². The highest BCUT2D eigenvalue weighted by Gasteiger charge is 2.46. The fraction of sp³-hybridized carbons (Fsp3) is 0.966. The van der Waals surface area contributed by atoms with Gasteiger partial charge in [0.15, 0.2) is 12.6 Å². The second-order valence-corrected chi connectivity index (χ2v) is 23.4. The molecule has 2 fully saturated rings. The molecule has 0 spiro atoms. The van der Waals surface area contributed by atoms with E-state index in [-0.39, 0.29) is 26.4 Å². The Labute approximate surface area is 509 Å². The van der Waals surface area contributed by atoms with Crippen LogP contribution in [0.1, 0.15) is 129 Å². The molecule has 2 saturated heterocycles. The number of aliphatic hydroxyl groups is 6. The molecule has 0 aliphatic carbocycles. The first kappa shape index (κ1) is 78.9. The van der Waals surface area contributed by atoms with Crippen molar-refractivity contribution in [2.75, 3.05) is 170 Å². The lowest BCUT2D eigenvalue weighted by atomic mass is 9.97. The minimum Gasteiger partial charge on any atom is -0.394 e. The van der Waals surface area contributed by atoms with Crippen LogP contribution in [0.25, 0.3) is 0 Å². The van der Waals surface area contributed by atoms with Crippen LogP contribution in [0.15, 0.2) is 0 Å². The van der Waals surface area contributed by atoms with Crippen molar-refractivity contribution in [2.45, 2.75) is 191 Å². The van der Waals surface area contributed by atoms with E-state index in [9.17, 15) is 40.2 Å². The summed E-state index contributed by atoms with van der Waals surface area (Å²) in [7, 11) is 4.12. The Morgan fingerprint density at radius 1 is 0.333 bits per heavy atom. The van der Waals surface area contributed by atoms with Crippen LogP contribution in [0.5, 0.6) is 0 Å². The second-order valence-electron chi connectivity index (χ2n) is 20.7. The quantitative estimate of drug-likeness (QED) is 0.0319. The molecule has 0 aromatic heterocycles. The summed E-state index contributed by atoms with van der Waals surface area (Å²) < 4.78 is 77.9. The van der Waals surface area contributed by atoms with E-state index < -0.39 is 86.3 Å². The topological polar surface area (TPSA) is 309 Å². The Balaban J connectivity index is 1.15. The zero-order valence-electron chi connectivity index (χ0n) is 50.9. The highest BCUT2D eigenvalue weighted by molar-refractivity contribution is 8.76. The third-order valence-corrected chi connectivity index (χ3v) is 16.2. The molecule has 10 atom stereocenters. The molecule has 2 aliphatic rings. The third-order valence-electron chi connectivity index (χ3n) is 13.6. The lowest BCUT2D eigenvalue weighted by Crippen LogP contribution is -2.64. The molecule has 0 radical (unpaired) electrons. The molecule has 2 aliphatic heterocycles. The summed E-state index contributed by atoms with van der Waals surface area (Å²) in [5.41, 5.74) is 0. The molecule has 0 saturated carbocycles. The van der Waals surface area contributed by atoms with Crippen molar-refractivity contribution in [3.63, 3.8) is 0 Å². The minimum atomic E-state index is -1.36. The van der Waals surface area contributed by atoms with E-state index in [1.807, 2.05) is 0 Å². The van der Waals surface area contributed by atoms with Crippen LogP contribution in [0.2, 0.25) is 0 Å². The molecule has 498 valence electrons. The number of aliphatic hydroxyl groups excluding tert-OH is 6. The van der Waals surface area contributed by atoms with E-state index >= 15 is 0 Å². The summed E-state index contributed by atoms with van der Waals surface area (Å²) in [4.78, 5) is 23.0. The average molecular weight is 1250 g/mol. The molecular weight excluding hydrogens is 1140 g/mol. The first-order chi connectivity index (χ1) is 41.1. The van der Waals surface area contributed by atoms with Gasteiger partial charge in [-0.3, -0.25) is 9.59 Å². The zero-order valence-corrected chi connectivity index (χ0v) is 52.6. The monoisotopic (exact) mass is 1250 g/mol. The highest BCUT2D eigenvalue weighted by Crippen LogP contribution is 2.26. The molecule has 26 heteroatoms. The van der Waals surface area contributed by atoms with Gasteiger partial charge in [0, 0.05) is 38.6 Å². The normalized spacial score (nSPS) is 22.7. The van der Waals surface area contributed by atoms with E-state index in [1.54, 1.807) is 0 Å². The molecular formula is C58H112N2O22S2. The number of unbranched alkanes of at least 4 members (excludes halogenated alkanes) is 16. The highest BCUT2D eigenvalue weighted by atomic mass is 33.1. The van der Waals surface area contributed by atoms with Gasteiger partial charge in [0.25, 0.3) is 0 Å². The van der Waals surface area contributed by atoms with Gasteiger partial charge in [-0.15, -0.1) is 0 Å². The number of amides is 2. The summed E-state index contributed by atoms with van der Waals surface area (Å²) in [6.07, 6.45) is 13.6. The molecule has 0 aromatic carbocycles. The van der Waals surface area contributed by atoms with Crippen molar-refractivity contribution < 1.29 is 107 Å². The second kappa shape index (κ2) is 57.0. The lowest BCUT2D eigenvalue weighted by molar-refractivity contribution is -0.272. The van der Waals surface area contributed by atoms with Gasteiger partial charge in [0.2, 0.25) is 11.8 Å². The fourth-order valence-electron chi connectivity index (χ4n) is 8.96. The Kier molecular flexibility index (Phi) is 53.6. The smallest absolute Gasteiger partial charge is 0.217 e. The zero-order chi connectivity index (χ0) is 60.8. The van der Waals surface area contributed by atoms with Gasteiger partial charge < -0.3 is 108 Å². The lowest BCUT2D eigenvalue weighted by Gasteiger charge is -2.42. The number of carbonyl (C=O) groups is 2. The van der Waals surface area contributed by atoms with Crippen LogP contribution < -0.4 is 10.6 Å². The SMILES string of the molecule is CC(=O)N[C@H]1[C@H](OCCOCCOCCOCCOCCOCCCCCCCCCCCSSCCCCCCCCCCCOCCOCCOCCOCCOCCO[C@@H]2O[C@H](CO)[C@@H](O)[C@H](O)[C@H]2NC(C)=O)O[C@H](CO)[C@@H](O)[C@@H]1O. The van der Waals surface area contributed by atoms with Crippen molar-refractivity contribution in [1.82, 2.24) is 10.6 Å². The standard InChI is InChI=1S/C58H112N2O22S2/c1-47(63)59-51-55(67)53(65)49(45-61)81-57(51)79-41-39-77-37-35-75-33-31-73-29-27-71-25-23-69-21-17-13-9-5-3-7-11-15-19-43-83-84-44-20-16-12-8-4-6-10-14-18-22-70-24-26-72-28-30-74-32-34-76-36-38-78-40-42-80-58-52(60-48(2)64)56(68)54(66)50(46-62)82-58/h49-58,61-62,65-68H,3-46H2,1-2H3,(H,59,63)(H,60,64)/t49-,50-,51-,52-,53-,54-,55-,56-,57-,58-/m1/s1. The molecule has 8 N–H and O–H groups in total. The van der Waals surface area contributed by atoms with Crippen LogP contribution in [-0.4, -0.2) is 274 Å². The number of nitrogens with one attached hydrogen (secondary N) is 2. The summed E-state index contributed by atoms with van der Waals surface area (Å²) in [5.74, 6) is 1.72. The largest absolute Gasteiger partial charge is 0.394 e. The van der Waals surface area contributed by atoms with Gasteiger partial charge in [-0.25, -0.2) is 0 Å². The number of rotatable bonds is 61. The van der Waals surface area contributed by atoms with Crippen LogP contribution >= 0.6 is 21.6 Å². The fourth-order valence-corrected chi connectivity index (χ4v) is 11.3. The van der Waals surface area contributed by atoms with Gasteiger partial charge in [0.05, 0.1) is 145 Å². The Hall–Kier alpha value is -1.16. The van der Waals surface area contributed by atoms with Crippen molar-refractivity contribution in [2.24, 2.45) is 0 Å². The average Bonchev–Trinajstić information content (AvgIpc) is 3.69. The van der Waals surface area contributed by atoms with Crippen LogP contribution in [0.4, 0.5) is 0 Å². The summed E-state index contributed by atoms with van der Waals surface area (Å²) in [6.45, 7) is 11.2. The van der Waals surface area contributed by atoms with Crippen LogP contribution in [-0.2, 0) is 75.9 Å². The van der Waals surface area contributed by atoms with Crippen LogP contribution in [0.3, 0.4) is 0 Å². The first-order valence-electron chi connectivity index (χ1n) is 31.1. The van der Waals surface area contributed by atoms with Crippen molar-refractivity contribution >= 4 is 33.4 Å². The maximum atomic E-state index is 11.5. The van der Waals surface area contributed by atoms with E-state index in [1.165, 1.54) is 128 Å². The van der Waals surface area contributed by atoms with E-state index in [0.29, 0.717) is 106 Å². The summed E-state index contributed by atoms with van der Waals surface area (Å²) >= 11 is 0. The van der Waals surface area contributed by atoms with Crippen molar-refractivity contribution in [3.05, 3.63) is 0 Å². The van der Waals surface area contributed by atoms with Gasteiger partial charge in [0.1, 0.15) is 48.7 Å². The van der Waals surface area contributed by atoms with Gasteiger partial charge in [-0.05, 0) is 25.7 Å². The summed E-state index contributed by atoms with van der Waals surface area (Å²) in [6, 6.07) is -1.97. The van der Waals surface area contributed by atoms with Gasteiger partial charge >= 0.3 is 0 Å². The molecule has 0 bridgehead atoms. The van der Waals surface area contributed by atoms with Crippen LogP contribution in [0, 0.1) is 0 Å². The van der Waals surface area contributed by atoms with E-state index in [4.69, 9.17) is 66.3 Å². The van der Waals surface area contributed by atoms with Gasteiger partial charge in [-0.1, -0.05) is 111 Å². The summed E-state index contributed by atoms with van der Waals surface area (Å²) in [5, 5.41) is 64.6. The molecule has 24 nitrogen and oxygen atoms in total. The Morgan fingerprint density at radius 2 is 0.560 bits per heavy atom. The number of ether oxygens (including phenoxy) is 14. The van der Waals surface area contributed by atoms with Gasteiger partial charge in [-0.2, -0.15) is 0 Å². The molecule has 0 unspecified atom stereocenters. The number of hydrogen-bond acceptors (Lipinski definition) is 24. The molecule has 0 aromatic rings. The first-order valence-corrected chi connectivity index (χ1v) is 33.6. The third kappa shape index (κ3) is 42.7. The number of hydrogen-bond donors (Lipinski definition) is 8.